The Morgan fingerprint density at radius 1 is 1.64 bits per heavy atom. The summed E-state index contributed by atoms with van der Waals surface area (Å²) < 4.78 is 0. The largest absolute Gasteiger partial charge is 0.299 e. The molecule has 0 aromatic heterocycles. The number of likely N-dealkylation sites (N-methyl/N-ethyl adjacent to an activating group) is 1. The number of nitrogens with zero attached hydrogens (tertiary/aromatic N) is 1. The molecule has 0 radical (unpaired) electrons. The lowest BCUT2D eigenvalue weighted by Gasteiger charge is -2.20. The first-order valence-corrected chi connectivity index (χ1v) is 4.46. The van der Waals surface area contributed by atoms with Gasteiger partial charge in [-0.05, 0) is 25.8 Å². The summed E-state index contributed by atoms with van der Waals surface area (Å²) >= 11 is 0. The molecule has 1 nitrogen and oxygen atoms in total. The molecule has 0 amide bonds. The third-order valence-corrected chi connectivity index (χ3v) is 2.36. The lowest BCUT2D eigenvalue weighted by atomic mass is 10.0. The van der Waals surface area contributed by atoms with Gasteiger partial charge in [0.25, 0.3) is 0 Å². The molecule has 0 aromatic rings. The molecule has 1 aliphatic rings. The molecule has 1 aliphatic heterocycles. The first kappa shape index (κ1) is 8.79. The molecule has 0 saturated carbocycles. The summed E-state index contributed by atoms with van der Waals surface area (Å²) in [5, 5.41) is 0. The Morgan fingerprint density at radius 2 is 2.27 bits per heavy atom. The third kappa shape index (κ3) is 2.33. The van der Waals surface area contributed by atoms with Gasteiger partial charge in [-0.1, -0.05) is 26.0 Å². The Labute approximate surface area is 70.1 Å². The maximum absolute atomic E-state index is 4.02. The minimum atomic E-state index is 0.766. The predicted octanol–water partition coefficient (Wildman–Crippen LogP) is 2.29. The fraction of sp³-hybridized carbons (Fsp3) is 0.800. The van der Waals surface area contributed by atoms with E-state index in [2.05, 4.69) is 32.4 Å². The Morgan fingerprint density at radius 3 is 2.64 bits per heavy atom. The maximum Gasteiger partial charge on any atom is 0.0190 e. The first-order chi connectivity index (χ1) is 5.09. The molecule has 64 valence electrons. The average molecular weight is 153 g/mol. The molecule has 1 fully saturated rings. The number of rotatable bonds is 2. The number of likely N-dealkylation sites (tertiary alicyclic amines) is 1. The smallest absolute Gasteiger partial charge is 0.0190 e. The zero-order valence-corrected chi connectivity index (χ0v) is 7.93. The van der Waals surface area contributed by atoms with Gasteiger partial charge in [0.2, 0.25) is 0 Å². The van der Waals surface area contributed by atoms with E-state index in [1.54, 1.807) is 0 Å². The number of hydrogen-bond donors (Lipinski definition) is 0. The first-order valence-electron chi connectivity index (χ1n) is 4.46. The van der Waals surface area contributed by atoms with Crippen molar-refractivity contribution in [3.8, 4) is 0 Å². The molecule has 0 aliphatic carbocycles. The van der Waals surface area contributed by atoms with Crippen molar-refractivity contribution in [2.24, 2.45) is 5.92 Å². The zero-order chi connectivity index (χ0) is 8.43. The second-order valence-corrected chi connectivity index (χ2v) is 4.15. The van der Waals surface area contributed by atoms with Crippen LogP contribution in [0.15, 0.2) is 12.2 Å². The normalized spacial score (nSPS) is 26.9. The third-order valence-electron chi connectivity index (χ3n) is 2.36. The highest BCUT2D eigenvalue weighted by Crippen LogP contribution is 2.24. The van der Waals surface area contributed by atoms with E-state index in [4.69, 9.17) is 0 Å². The maximum atomic E-state index is 4.02. The zero-order valence-electron chi connectivity index (χ0n) is 7.93. The molecule has 0 spiro atoms. The molecule has 1 saturated heterocycles. The molecule has 1 rings (SSSR count). The molecule has 0 aromatic carbocycles. The summed E-state index contributed by atoms with van der Waals surface area (Å²) in [5.74, 6) is 0.813. The molecule has 1 heteroatoms. The van der Waals surface area contributed by atoms with Gasteiger partial charge < -0.3 is 0 Å². The van der Waals surface area contributed by atoms with E-state index in [9.17, 15) is 0 Å². The van der Waals surface area contributed by atoms with E-state index >= 15 is 0 Å². The van der Waals surface area contributed by atoms with Gasteiger partial charge in [-0.25, -0.2) is 0 Å². The minimum absolute atomic E-state index is 0.766. The Kier molecular flexibility index (Phi) is 2.72. The van der Waals surface area contributed by atoms with Gasteiger partial charge >= 0.3 is 0 Å². The van der Waals surface area contributed by atoms with E-state index in [1.807, 2.05) is 0 Å². The summed E-state index contributed by atoms with van der Waals surface area (Å²) in [5.41, 5.74) is 1.40. The van der Waals surface area contributed by atoms with Crippen LogP contribution in [-0.2, 0) is 0 Å². The second-order valence-electron chi connectivity index (χ2n) is 4.15. The molecule has 1 atom stereocenters. The highest BCUT2D eigenvalue weighted by atomic mass is 15.1. The standard InChI is InChI=1S/C10H19N/c1-8(2)5-10-6-9(3)7-11(10)4/h8,10H,3,5-7H2,1-2,4H3. The fourth-order valence-corrected chi connectivity index (χ4v) is 1.84. The topological polar surface area (TPSA) is 3.24 Å². The predicted molar refractivity (Wildman–Crippen MR) is 49.6 cm³/mol. The van der Waals surface area contributed by atoms with E-state index < -0.39 is 0 Å². The van der Waals surface area contributed by atoms with Crippen molar-refractivity contribution in [1.29, 1.82) is 0 Å². The van der Waals surface area contributed by atoms with E-state index in [0.29, 0.717) is 0 Å². The van der Waals surface area contributed by atoms with Gasteiger partial charge in [-0.2, -0.15) is 0 Å². The molecule has 1 unspecified atom stereocenters. The molecule has 0 N–H and O–H groups in total. The van der Waals surface area contributed by atoms with Crippen molar-refractivity contribution in [3.63, 3.8) is 0 Å². The van der Waals surface area contributed by atoms with Crippen LogP contribution in [0.5, 0.6) is 0 Å². The van der Waals surface area contributed by atoms with Crippen LogP contribution in [0.1, 0.15) is 26.7 Å². The van der Waals surface area contributed by atoms with E-state index in [0.717, 1.165) is 18.5 Å². The quantitative estimate of drug-likeness (QED) is 0.550. The van der Waals surface area contributed by atoms with Crippen LogP contribution in [0.3, 0.4) is 0 Å². The molecular weight excluding hydrogens is 134 g/mol. The Bertz CT molecular complexity index is 149. The van der Waals surface area contributed by atoms with Crippen molar-refractivity contribution in [2.45, 2.75) is 32.7 Å². The molecule has 1 heterocycles. The summed E-state index contributed by atoms with van der Waals surface area (Å²) in [6.07, 6.45) is 2.53. The van der Waals surface area contributed by atoms with Crippen molar-refractivity contribution in [1.82, 2.24) is 4.90 Å². The van der Waals surface area contributed by atoms with Crippen LogP contribution in [0.25, 0.3) is 0 Å². The summed E-state index contributed by atoms with van der Waals surface area (Å²) in [6, 6.07) is 0.766. The average Bonchev–Trinajstić information content (AvgIpc) is 2.09. The van der Waals surface area contributed by atoms with Crippen molar-refractivity contribution in [3.05, 3.63) is 12.2 Å². The van der Waals surface area contributed by atoms with Gasteiger partial charge in [0.15, 0.2) is 0 Å². The van der Waals surface area contributed by atoms with Gasteiger partial charge in [0, 0.05) is 12.6 Å². The summed E-state index contributed by atoms with van der Waals surface area (Å²) in [7, 11) is 2.20. The van der Waals surface area contributed by atoms with Gasteiger partial charge in [0.05, 0.1) is 0 Å². The summed E-state index contributed by atoms with van der Waals surface area (Å²) in [6.45, 7) is 9.70. The minimum Gasteiger partial charge on any atom is -0.299 e. The Balaban J connectivity index is 2.40. The second kappa shape index (κ2) is 3.40. The lowest BCUT2D eigenvalue weighted by molar-refractivity contribution is 0.273. The fourth-order valence-electron chi connectivity index (χ4n) is 1.84. The van der Waals surface area contributed by atoms with Crippen LogP contribution >= 0.6 is 0 Å². The van der Waals surface area contributed by atoms with Gasteiger partial charge in [-0.3, -0.25) is 4.90 Å². The Hall–Kier alpha value is -0.300. The highest BCUT2D eigenvalue weighted by molar-refractivity contribution is 5.07. The highest BCUT2D eigenvalue weighted by Gasteiger charge is 2.23. The van der Waals surface area contributed by atoms with E-state index in [1.165, 1.54) is 18.4 Å². The SMILES string of the molecule is C=C1CC(CC(C)C)N(C)C1. The van der Waals surface area contributed by atoms with Crippen LogP contribution < -0.4 is 0 Å². The molecule has 11 heavy (non-hydrogen) atoms. The van der Waals surface area contributed by atoms with Gasteiger partial charge in [0.1, 0.15) is 0 Å². The summed E-state index contributed by atoms with van der Waals surface area (Å²) in [4.78, 5) is 2.42. The molecule has 0 bridgehead atoms. The van der Waals surface area contributed by atoms with Crippen molar-refractivity contribution >= 4 is 0 Å². The van der Waals surface area contributed by atoms with Crippen molar-refractivity contribution < 1.29 is 0 Å². The van der Waals surface area contributed by atoms with Crippen LogP contribution in [0, 0.1) is 5.92 Å². The monoisotopic (exact) mass is 153 g/mol. The van der Waals surface area contributed by atoms with Crippen molar-refractivity contribution in [2.75, 3.05) is 13.6 Å². The lowest BCUT2D eigenvalue weighted by Crippen LogP contribution is -2.26. The van der Waals surface area contributed by atoms with Crippen LogP contribution in [-0.4, -0.2) is 24.5 Å². The molecular formula is C10H19N. The van der Waals surface area contributed by atoms with Crippen LogP contribution in [0.2, 0.25) is 0 Å². The van der Waals surface area contributed by atoms with Gasteiger partial charge in [-0.15, -0.1) is 0 Å². The number of hydrogen-bond acceptors (Lipinski definition) is 1. The van der Waals surface area contributed by atoms with E-state index in [-0.39, 0.29) is 0 Å². The van der Waals surface area contributed by atoms with Crippen LogP contribution in [0.4, 0.5) is 0 Å².